The predicted octanol–water partition coefficient (Wildman–Crippen LogP) is 2.22. The van der Waals surface area contributed by atoms with Gasteiger partial charge in [0, 0.05) is 45.8 Å². The summed E-state index contributed by atoms with van der Waals surface area (Å²) < 4.78 is 16.7. The van der Waals surface area contributed by atoms with Crippen LogP contribution in [0.4, 0.5) is 27.8 Å². The maximum Gasteiger partial charge on any atom is 0.224 e. The molecular formula is C21H26FN9. The van der Waals surface area contributed by atoms with Crippen LogP contribution in [0.1, 0.15) is 17.5 Å². The first kappa shape index (κ1) is 20.7. The number of aryl methyl sites for hydroxylation is 2. The molecule has 1 fully saturated rings. The molecule has 2 atom stereocenters. The third kappa shape index (κ3) is 3.91. The third-order valence-electron chi connectivity index (χ3n) is 5.57. The summed E-state index contributed by atoms with van der Waals surface area (Å²) in [6.07, 6.45) is 0.799. The predicted molar refractivity (Wildman–Crippen MR) is 120 cm³/mol. The molecular weight excluding hydrogens is 397 g/mol. The molecule has 9 nitrogen and oxygen atoms in total. The number of nitrogens with two attached hydrogens (primary N) is 1. The molecule has 0 aliphatic carbocycles. The minimum absolute atomic E-state index is 0.210. The molecule has 31 heavy (non-hydrogen) atoms. The Labute approximate surface area is 180 Å². The Morgan fingerprint density at radius 3 is 2.77 bits per heavy atom. The Morgan fingerprint density at radius 1 is 1.29 bits per heavy atom. The molecule has 0 radical (unpaired) electrons. The number of hydrogen-bond donors (Lipinski definition) is 2. The van der Waals surface area contributed by atoms with Gasteiger partial charge in [-0.3, -0.25) is 0 Å². The van der Waals surface area contributed by atoms with Crippen molar-refractivity contribution in [2.45, 2.75) is 25.6 Å². The standard InChI is InChI=1S/C21H26FN9/c1-12-5-18-17(7-16(12)24)27-21(30(18)4)31-10-14(22)6-15(11-31)26-20-25-9-13(8-23)19(28-20)29(2)3/h5,7,9,14-15H,6,10-11,24H2,1-4H3,(H,25,26,28)/t14-,15-/m1/s1. The van der Waals surface area contributed by atoms with E-state index in [2.05, 4.69) is 21.4 Å². The molecule has 0 bridgehead atoms. The second-order valence-electron chi connectivity index (χ2n) is 8.18. The number of aromatic nitrogens is 4. The number of anilines is 4. The zero-order valence-corrected chi connectivity index (χ0v) is 18.1. The minimum atomic E-state index is -1.02. The number of rotatable bonds is 4. The average Bonchev–Trinajstić information content (AvgIpc) is 3.03. The summed E-state index contributed by atoms with van der Waals surface area (Å²) in [6.45, 7) is 2.77. The molecule has 1 aromatic carbocycles. The number of alkyl halides is 1. The van der Waals surface area contributed by atoms with Gasteiger partial charge in [0.1, 0.15) is 17.8 Å². The molecule has 3 N–H and O–H groups in total. The summed E-state index contributed by atoms with van der Waals surface area (Å²) in [5.41, 5.74) is 9.84. The lowest BCUT2D eigenvalue weighted by atomic mass is 10.0. The van der Waals surface area contributed by atoms with Gasteiger partial charge < -0.3 is 25.4 Å². The van der Waals surface area contributed by atoms with Crippen LogP contribution < -0.4 is 20.9 Å². The van der Waals surface area contributed by atoms with E-state index in [1.807, 2.05) is 49.7 Å². The molecule has 4 rings (SSSR count). The Morgan fingerprint density at radius 2 is 2.06 bits per heavy atom. The largest absolute Gasteiger partial charge is 0.398 e. The monoisotopic (exact) mass is 423 g/mol. The fraction of sp³-hybridized carbons (Fsp3) is 0.429. The topological polar surface area (TPSA) is 112 Å². The molecule has 0 saturated carbocycles. The van der Waals surface area contributed by atoms with E-state index in [-0.39, 0.29) is 12.6 Å². The van der Waals surface area contributed by atoms with E-state index < -0.39 is 6.17 Å². The number of fused-ring (bicyclic) bond motifs is 1. The average molecular weight is 424 g/mol. The van der Waals surface area contributed by atoms with Gasteiger partial charge in [0.25, 0.3) is 0 Å². The zero-order chi connectivity index (χ0) is 22.3. The van der Waals surface area contributed by atoms with Crippen molar-refractivity contribution in [3.8, 4) is 6.07 Å². The normalized spacial score (nSPS) is 18.8. The number of hydrogen-bond acceptors (Lipinski definition) is 8. The smallest absolute Gasteiger partial charge is 0.224 e. The highest BCUT2D eigenvalue weighted by Crippen LogP contribution is 2.28. The van der Waals surface area contributed by atoms with Gasteiger partial charge in [-0.25, -0.2) is 14.4 Å². The van der Waals surface area contributed by atoms with Crippen LogP contribution in [0.5, 0.6) is 0 Å². The van der Waals surface area contributed by atoms with Crippen molar-refractivity contribution in [1.82, 2.24) is 19.5 Å². The molecule has 10 heteroatoms. The van der Waals surface area contributed by atoms with E-state index in [9.17, 15) is 9.65 Å². The zero-order valence-electron chi connectivity index (χ0n) is 18.1. The highest BCUT2D eigenvalue weighted by Gasteiger charge is 2.30. The van der Waals surface area contributed by atoms with Crippen LogP contribution in [-0.4, -0.2) is 58.9 Å². The highest BCUT2D eigenvalue weighted by atomic mass is 19.1. The van der Waals surface area contributed by atoms with Crippen LogP contribution in [0.3, 0.4) is 0 Å². The van der Waals surface area contributed by atoms with Gasteiger partial charge in [-0.1, -0.05) is 0 Å². The summed E-state index contributed by atoms with van der Waals surface area (Å²) in [5, 5.41) is 12.5. The van der Waals surface area contributed by atoms with Crippen LogP contribution in [0.2, 0.25) is 0 Å². The van der Waals surface area contributed by atoms with E-state index in [0.717, 1.165) is 16.6 Å². The van der Waals surface area contributed by atoms with E-state index in [4.69, 9.17) is 10.7 Å². The van der Waals surface area contributed by atoms with Crippen LogP contribution >= 0.6 is 0 Å². The van der Waals surface area contributed by atoms with Gasteiger partial charge in [0.15, 0.2) is 5.82 Å². The first-order valence-electron chi connectivity index (χ1n) is 10.1. The van der Waals surface area contributed by atoms with Crippen LogP contribution in [-0.2, 0) is 7.05 Å². The van der Waals surface area contributed by atoms with Crippen LogP contribution in [0.25, 0.3) is 11.0 Å². The maximum absolute atomic E-state index is 14.7. The number of halogens is 1. The number of imidazole rings is 1. The lowest BCUT2D eigenvalue weighted by Gasteiger charge is -2.35. The number of nitrogens with one attached hydrogen (secondary N) is 1. The van der Waals surface area contributed by atoms with E-state index in [1.54, 1.807) is 4.90 Å². The summed E-state index contributed by atoms with van der Waals surface area (Å²) in [6, 6.07) is 5.73. The molecule has 1 saturated heterocycles. The van der Waals surface area contributed by atoms with Crippen molar-refractivity contribution in [3.63, 3.8) is 0 Å². The molecule has 3 aromatic rings. The van der Waals surface area contributed by atoms with Gasteiger partial charge in [0.05, 0.1) is 23.8 Å². The van der Waals surface area contributed by atoms with Gasteiger partial charge in [-0.15, -0.1) is 0 Å². The first-order chi connectivity index (χ1) is 14.8. The Bertz CT molecular complexity index is 1160. The fourth-order valence-electron chi connectivity index (χ4n) is 3.98. The fourth-order valence-corrected chi connectivity index (χ4v) is 3.98. The molecule has 3 heterocycles. The van der Waals surface area contributed by atoms with Crippen molar-refractivity contribution < 1.29 is 4.39 Å². The van der Waals surface area contributed by atoms with Crippen molar-refractivity contribution in [3.05, 3.63) is 29.5 Å². The Kier molecular flexibility index (Phi) is 5.27. The molecule has 2 aromatic heterocycles. The van der Waals surface area contributed by atoms with Crippen molar-refractivity contribution >= 4 is 34.4 Å². The lowest BCUT2D eigenvalue weighted by molar-refractivity contribution is 0.273. The summed E-state index contributed by atoms with van der Waals surface area (Å²) in [7, 11) is 5.55. The molecule has 162 valence electrons. The molecule has 0 amide bonds. The third-order valence-corrected chi connectivity index (χ3v) is 5.57. The van der Waals surface area contributed by atoms with Gasteiger partial charge in [-0.2, -0.15) is 10.2 Å². The quantitative estimate of drug-likeness (QED) is 0.615. The number of nitriles is 1. The Balaban J connectivity index is 1.60. The van der Waals surface area contributed by atoms with Crippen LogP contribution in [0.15, 0.2) is 18.3 Å². The summed E-state index contributed by atoms with van der Waals surface area (Å²) in [5.74, 6) is 1.59. The van der Waals surface area contributed by atoms with E-state index in [0.29, 0.717) is 41.9 Å². The van der Waals surface area contributed by atoms with Crippen LogP contribution in [0, 0.1) is 18.3 Å². The van der Waals surface area contributed by atoms with Gasteiger partial charge in [0.2, 0.25) is 11.9 Å². The van der Waals surface area contributed by atoms with Crippen molar-refractivity contribution in [2.24, 2.45) is 7.05 Å². The Hall–Kier alpha value is -3.61. The first-order valence-corrected chi connectivity index (χ1v) is 10.1. The lowest BCUT2D eigenvalue weighted by Crippen LogP contribution is -2.48. The van der Waals surface area contributed by atoms with E-state index >= 15 is 0 Å². The second-order valence-corrected chi connectivity index (χ2v) is 8.18. The van der Waals surface area contributed by atoms with Gasteiger partial charge in [-0.05, 0) is 24.6 Å². The summed E-state index contributed by atoms with van der Waals surface area (Å²) >= 11 is 0. The maximum atomic E-state index is 14.7. The SMILES string of the molecule is Cc1cc2c(cc1N)nc(N1C[C@H](F)C[C@@H](Nc3ncc(C#N)c(N(C)C)n3)C1)n2C. The molecule has 0 unspecified atom stereocenters. The van der Waals surface area contributed by atoms with Crippen molar-refractivity contribution in [1.29, 1.82) is 5.26 Å². The van der Waals surface area contributed by atoms with E-state index in [1.165, 1.54) is 6.20 Å². The molecule has 1 aliphatic heterocycles. The number of benzene rings is 1. The van der Waals surface area contributed by atoms with Gasteiger partial charge >= 0.3 is 0 Å². The van der Waals surface area contributed by atoms with Crippen molar-refractivity contribution in [2.75, 3.05) is 48.0 Å². The molecule has 1 aliphatic rings. The number of piperidine rings is 1. The molecule has 0 spiro atoms. The number of nitrogens with zero attached hydrogens (tertiary/aromatic N) is 7. The highest BCUT2D eigenvalue weighted by molar-refractivity contribution is 5.83. The summed E-state index contributed by atoms with van der Waals surface area (Å²) in [4.78, 5) is 17.1. The minimum Gasteiger partial charge on any atom is -0.398 e. The number of nitrogen functional groups attached to an aromatic ring is 1. The second kappa shape index (κ2) is 7.91.